The summed E-state index contributed by atoms with van der Waals surface area (Å²) in [7, 11) is 0. The van der Waals surface area contributed by atoms with Gasteiger partial charge in [-0.1, -0.05) is 127 Å². The summed E-state index contributed by atoms with van der Waals surface area (Å²) < 4.78 is 9.80. The van der Waals surface area contributed by atoms with Crippen LogP contribution in [-0.2, 0) is 0 Å². The van der Waals surface area contributed by atoms with Gasteiger partial charge in [0.05, 0.1) is 11.0 Å². The molecule has 0 amide bonds. The average Bonchev–Trinajstić information content (AvgIpc) is 3.47. The molecule has 2 aliphatic rings. The Morgan fingerprint density at radius 3 is 1.98 bits per heavy atom. The summed E-state index contributed by atoms with van der Waals surface area (Å²) in [6.45, 7) is -0.228. The monoisotopic (exact) mass is 569 g/mol. The molecule has 0 saturated heterocycles. The predicted molar refractivity (Wildman–Crippen MR) is 190 cm³/mol. The molecule has 0 radical (unpaired) electrons. The van der Waals surface area contributed by atoms with E-state index in [2.05, 4.69) is 150 Å². The Bertz CT molecular complexity index is 2740. The van der Waals surface area contributed by atoms with E-state index in [4.69, 9.17) is 4.65 Å². The van der Waals surface area contributed by atoms with Crippen LogP contribution in [0, 0.1) is 0 Å². The topological polar surface area (TPSA) is 14.2 Å². The van der Waals surface area contributed by atoms with E-state index >= 15 is 0 Å². The third-order valence-corrected chi connectivity index (χ3v) is 10.1. The summed E-state index contributed by atoms with van der Waals surface area (Å²) in [5.74, 6) is 0.970. The molecular weight excluding hydrogens is 545 g/mol. The Labute approximate surface area is 259 Å². The van der Waals surface area contributed by atoms with Crippen LogP contribution in [0.4, 0.5) is 0 Å². The molecule has 9 aromatic rings. The highest BCUT2D eigenvalue weighted by atomic mass is 16.4. The van der Waals surface area contributed by atoms with Crippen molar-refractivity contribution in [2.24, 2.45) is 0 Å². The minimum absolute atomic E-state index is 0.228. The van der Waals surface area contributed by atoms with Crippen molar-refractivity contribution in [1.29, 1.82) is 0 Å². The van der Waals surface area contributed by atoms with E-state index in [-0.39, 0.29) is 6.92 Å². The maximum atomic E-state index is 7.26. The molecule has 8 aromatic carbocycles. The van der Waals surface area contributed by atoms with Gasteiger partial charge >= 0.3 is 6.92 Å². The lowest BCUT2D eigenvalue weighted by Crippen LogP contribution is -2.54. The van der Waals surface area contributed by atoms with Crippen molar-refractivity contribution in [3.63, 3.8) is 0 Å². The summed E-state index contributed by atoms with van der Waals surface area (Å²) in [6.07, 6.45) is 0. The zero-order valence-electron chi connectivity index (χ0n) is 24.3. The number of benzene rings is 8. The second-order valence-electron chi connectivity index (χ2n) is 12.4. The SMILES string of the molecule is c1ccc(-c2cc3c4c(c2)-n2c5ccc6ccccc6c5c5c6ccccc6cc(c52)B4Oc2c-3ccc3ccccc23)cc1. The maximum absolute atomic E-state index is 7.26. The molecule has 0 unspecified atom stereocenters. The van der Waals surface area contributed by atoms with Crippen LogP contribution >= 0.6 is 0 Å². The zero-order valence-corrected chi connectivity index (χ0v) is 24.3. The summed E-state index contributed by atoms with van der Waals surface area (Å²) in [4.78, 5) is 0. The minimum Gasteiger partial charge on any atom is -0.550 e. The molecule has 0 spiro atoms. The highest BCUT2D eigenvalue weighted by Gasteiger charge is 2.42. The van der Waals surface area contributed by atoms with Crippen molar-refractivity contribution in [1.82, 2.24) is 4.57 Å². The lowest BCUT2D eigenvalue weighted by molar-refractivity contribution is 0.597. The van der Waals surface area contributed by atoms with Gasteiger partial charge in [0.25, 0.3) is 0 Å². The van der Waals surface area contributed by atoms with Gasteiger partial charge in [0.2, 0.25) is 0 Å². The Balaban J connectivity index is 1.38. The van der Waals surface area contributed by atoms with Crippen LogP contribution in [0.15, 0.2) is 146 Å². The number of hydrogen-bond donors (Lipinski definition) is 0. The van der Waals surface area contributed by atoms with Crippen molar-refractivity contribution in [3.8, 4) is 33.7 Å². The van der Waals surface area contributed by atoms with Crippen LogP contribution < -0.4 is 15.6 Å². The van der Waals surface area contributed by atoms with E-state index in [1.165, 1.54) is 82.0 Å². The van der Waals surface area contributed by atoms with Crippen LogP contribution in [0.5, 0.6) is 5.75 Å². The van der Waals surface area contributed by atoms with Crippen LogP contribution in [-0.4, -0.2) is 11.5 Å². The maximum Gasteiger partial charge on any atom is 0.431 e. The van der Waals surface area contributed by atoms with Gasteiger partial charge in [-0.25, -0.2) is 0 Å². The molecule has 45 heavy (non-hydrogen) atoms. The third kappa shape index (κ3) is 3.00. The average molecular weight is 569 g/mol. The second-order valence-corrected chi connectivity index (χ2v) is 12.4. The zero-order chi connectivity index (χ0) is 29.2. The molecule has 2 aliphatic heterocycles. The molecule has 3 heteroatoms. The lowest BCUT2D eigenvalue weighted by atomic mass is 9.50. The Morgan fingerprint density at radius 2 is 1.16 bits per heavy atom. The van der Waals surface area contributed by atoms with Crippen molar-refractivity contribution >= 4 is 72.0 Å². The predicted octanol–water partition coefficient (Wildman–Crippen LogP) is 9.39. The largest absolute Gasteiger partial charge is 0.550 e. The van der Waals surface area contributed by atoms with Gasteiger partial charge in [-0.05, 0) is 67.3 Å². The van der Waals surface area contributed by atoms with Gasteiger partial charge < -0.3 is 9.22 Å². The second kappa shape index (κ2) is 8.43. The first-order chi connectivity index (χ1) is 22.3. The van der Waals surface area contributed by atoms with Gasteiger partial charge in [-0.15, -0.1) is 0 Å². The summed E-state index contributed by atoms with van der Waals surface area (Å²) in [5.41, 5.74) is 11.0. The van der Waals surface area contributed by atoms with Gasteiger partial charge in [-0.3, -0.25) is 0 Å². The molecule has 0 aliphatic carbocycles. The fraction of sp³-hybridized carbons (Fsp3) is 0. The van der Waals surface area contributed by atoms with E-state index in [0.29, 0.717) is 0 Å². The molecule has 3 heterocycles. The quantitative estimate of drug-likeness (QED) is 0.180. The number of fused-ring (bicyclic) bond motifs is 13. The smallest absolute Gasteiger partial charge is 0.431 e. The molecule has 0 bridgehead atoms. The van der Waals surface area contributed by atoms with Crippen LogP contribution in [0.25, 0.3) is 82.1 Å². The van der Waals surface area contributed by atoms with Gasteiger partial charge in [0, 0.05) is 32.9 Å². The molecule has 1 aromatic heterocycles. The first kappa shape index (κ1) is 23.6. The minimum atomic E-state index is -0.228. The van der Waals surface area contributed by atoms with Crippen molar-refractivity contribution < 1.29 is 4.65 Å². The normalized spacial score (nSPS) is 13.0. The van der Waals surface area contributed by atoms with Crippen LogP contribution in [0.1, 0.15) is 0 Å². The fourth-order valence-corrected chi connectivity index (χ4v) is 8.23. The number of hydrogen-bond acceptors (Lipinski definition) is 1. The van der Waals surface area contributed by atoms with E-state index < -0.39 is 0 Å². The van der Waals surface area contributed by atoms with Crippen molar-refractivity contribution in [3.05, 3.63) is 146 Å². The summed E-state index contributed by atoms with van der Waals surface area (Å²) in [6, 6.07) is 53.3. The van der Waals surface area contributed by atoms with E-state index in [0.717, 1.165) is 16.7 Å². The standard InChI is InChI=1S/C42H24BNO/c1-2-10-25(11-3-1)29-22-34-33-20-18-27-13-5-9-17-32(27)42(33)45-43-35-23-28-14-6-8-16-31(28)39-38-30-15-7-4-12-26(30)19-21-36(38)44(41(35)39)37(24-29)40(34)43/h1-24H. The lowest BCUT2D eigenvalue weighted by Gasteiger charge is -2.34. The van der Waals surface area contributed by atoms with Gasteiger partial charge in [0.1, 0.15) is 5.75 Å². The molecule has 0 N–H and O–H groups in total. The van der Waals surface area contributed by atoms with E-state index in [1.807, 2.05) is 0 Å². The Kier molecular flexibility index (Phi) is 4.43. The van der Waals surface area contributed by atoms with Crippen molar-refractivity contribution in [2.75, 3.05) is 0 Å². The number of rotatable bonds is 1. The third-order valence-electron chi connectivity index (χ3n) is 10.1. The number of aromatic nitrogens is 1. The van der Waals surface area contributed by atoms with Gasteiger partial charge in [0.15, 0.2) is 0 Å². The number of nitrogens with zero attached hydrogens (tertiary/aromatic N) is 1. The summed E-state index contributed by atoms with van der Waals surface area (Å²) in [5, 5.41) is 10.0. The first-order valence-corrected chi connectivity index (χ1v) is 15.6. The Morgan fingerprint density at radius 1 is 0.489 bits per heavy atom. The van der Waals surface area contributed by atoms with Crippen molar-refractivity contribution in [2.45, 2.75) is 0 Å². The highest BCUT2D eigenvalue weighted by molar-refractivity contribution is 6.86. The molecule has 0 atom stereocenters. The molecule has 11 rings (SSSR count). The van der Waals surface area contributed by atoms with E-state index in [1.54, 1.807) is 0 Å². The molecule has 206 valence electrons. The Hall–Kier alpha value is -5.80. The highest BCUT2D eigenvalue weighted by Crippen LogP contribution is 2.46. The van der Waals surface area contributed by atoms with Crippen LogP contribution in [0.2, 0.25) is 0 Å². The van der Waals surface area contributed by atoms with E-state index in [9.17, 15) is 0 Å². The molecule has 0 saturated carbocycles. The summed E-state index contributed by atoms with van der Waals surface area (Å²) >= 11 is 0. The molecule has 2 nitrogen and oxygen atoms in total. The van der Waals surface area contributed by atoms with Gasteiger partial charge in [-0.2, -0.15) is 0 Å². The molecule has 0 fully saturated rings. The van der Waals surface area contributed by atoms with Crippen LogP contribution in [0.3, 0.4) is 0 Å². The molecular formula is C42H24BNO. The fourth-order valence-electron chi connectivity index (χ4n) is 8.23. The first-order valence-electron chi connectivity index (χ1n) is 15.6.